The first-order valence-corrected chi connectivity index (χ1v) is 16.9. The molecule has 0 spiro atoms. The van der Waals surface area contributed by atoms with Gasteiger partial charge in [0.15, 0.2) is 0 Å². The molecule has 158 valence electrons. The molecule has 0 radical (unpaired) electrons. The number of hydrogen-bond donors (Lipinski definition) is 0. The Morgan fingerprint density at radius 2 is 1.32 bits per heavy atom. The van der Waals surface area contributed by atoms with Crippen molar-refractivity contribution in [1.82, 2.24) is 0 Å². The zero-order valence-electron chi connectivity index (χ0n) is 18.4. The van der Waals surface area contributed by atoms with E-state index in [4.69, 9.17) is 17.0 Å². The molecule has 3 aliphatic rings. The molecule has 0 bridgehead atoms. The fourth-order valence-corrected chi connectivity index (χ4v) is 6.72. The molecule has 3 aliphatic carbocycles. The Kier molecular flexibility index (Phi) is 11.9. The van der Waals surface area contributed by atoms with Gasteiger partial charge in [0.25, 0.3) is 0 Å². The third-order valence-corrected chi connectivity index (χ3v) is 8.01. The second kappa shape index (κ2) is 12.5. The van der Waals surface area contributed by atoms with Crippen LogP contribution in [0.3, 0.4) is 0 Å². The topological polar surface area (TPSA) is 0 Å². The maximum absolute atomic E-state index is 4.93. The fourth-order valence-electron chi connectivity index (χ4n) is 6.72. The molecule has 0 nitrogen and oxygen atoms in total. The van der Waals surface area contributed by atoms with Gasteiger partial charge in [0.2, 0.25) is 0 Å². The van der Waals surface area contributed by atoms with Crippen molar-refractivity contribution in [1.29, 1.82) is 0 Å². The summed E-state index contributed by atoms with van der Waals surface area (Å²) in [5.41, 5.74) is 2.19. The van der Waals surface area contributed by atoms with Crippen molar-refractivity contribution >= 4 is 17.0 Å². The van der Waals surface area contributed by atoms with E-state index in [2.05, 4.69) is 44.2 Å². The number of fused-ring (bicyclic) bond motifs is 1. The van der Waals surface area contributed by atoms with Crippen molar-refractivity contribution in [3.8, 4) is 0 Å². The Labute approximate surface area is 194 Å². The summed E-state index contributed by atoms with van der Waals surface area (Å²) in [4.78, 5) is 0. The monoisotopic (exact) mass is 500 g/mol. The summed E-state index contributed by atoms with van der Waals surface area (Å²) < 4.78 is 0. The van der Waals surface area contributed by atoms with Crippen molar-refractivity contribution in [2.24, 2.45) is 29.1 Å². The molecule has 3 saturated carbocycles. The van der Waals surface area contributed by atoms with E-state index >= 15 is 0 Å². The van der Waals surface area contributed by atoms with Crippen LogP contribution in [0.25, 0.3) is 0 Å². The van der Waals surface area contributed by atoms with E-state index in [1.807, 2.05) is 0 Å². The van der Waals surface area contributed by atoms with Crippen LogP contribution in [0.5, 0.6) is 0 Å². The Hall–Kier alpha value is 0.683. The molecular formula is C25H40Cl2Zr. The van der Waals surface area contributed by atoms with Gasteiger partial charge in [0, 0.05) is 0 Å². The molecule has 4 atom stereocenters. The molecule has 1 aromatic rings. The van der Waals surface area contributed by atoms with Gasteiger partial charge >= 0.3 is 37.9 Å². The van der Waals surface area contributed by atoms with Crippen LogP contribution in [0, 0.1) is 43.9 Å². The van der Waals surface area contributed by atoms with Crippen LogP contribution in [0.2, 0.25) is 0 Å². The van der Waals surface area contributed by atoms with E-state index < -0.39 is 20.8 Å². The molecule has 3 fully saturated rings. The molecule has 0 amide bonds. The van der Waals surface area contributed by atoms with Crippen molar-refractivity contribution < 1.29 is 20.8 Å². The van der Waals surface area contributed by atoms with Gasteiger partial charge in [0.1, 0.15) is 0 Å². The van der Waals surface area contributed by atoms with Crippen molar-refractivity contribution in [3.63, 3.8) is 0 Å². The normalized spacial score (nSPS) is 29.4. The number of rotatable bonds is 3. The summed E-state index contributed by atoms with van der Waals surface area (Å²) >= 11 is -0.826. The van der Waals surface area contributed by atoms with Crippen LogP contribution in [0.15, 0.2) is 30.3 Å². The number of halogens is 2. The minimum absolute atomic E-state index is 0. The predicted molar refractivity (Wildman–Crippen MR) is 123 cm³/mol. The molecule has 3 heteroatoms. The van der Waals surface area contributed by atoms with Crippen LogP contribution < -0.4 is 0 Å². The number of hydrogen-bond acceptors (Lipinski definition) is 0. The number of benzene rings is 1. The predicted octanol–water partition coefficient (Wildman–Crippen LogP) is 9.09. The maximum atomic E-state index is 4.93. The van der Waals surface area contributed by atoms with Crippen LogP contribution in [-0.2, 0) is 20.8 Å². The Balaban J connectivity index is 0.000000739. The third kappa shape index (κ3) is 5.89. The summed E-state index contributed by atoms with van der Waals surface area (Å²) in [6.45, 7) is 5.26. The Morgan fingerprint density at radius 3 is 1.89 bits per heavy atom. The third-order valence-electron chi connectivity index (χ3n) is 8.01. The van der Waals surface area contributed by atoms with E-state index in [1.165, 1.54) is 57.8 Å². The average Bonchev–Trinajstić information content (AvgIpc) is 3.32. The molecule has 0 heterocycles. The second-order valence-electron chi connectivity index (χ2n) is 9.35. The average molecular weight is 503 g/mol. The fraction of sp³-hybridized carbons (Fsp3) is 0.680. The van der Waals surface area contributed by atoms with Gasteiger partial charge in [-0.05, 0) is 72.7 Å². The van der Waals surface area contributed by atoms with E-state index in [0.717, 1.165) is 29.6 Å². The summed E-state index contributed by atoms with van der Waals surface area (Å²) in [6, 6.07) is 11.5. The van der Waals surface area contributed by atoms with Crippen molar-refractivity contribution in [2.75, 3.05) is 0 Å². The van der Waals surface area contributed by atoms with Gasteiger partial charge in [-0.25, -0.2) is 0 Å². The SMILES string of the molecule is CC(C)(C1CCCC1)C1CC(c2ccccc2)C2CCCCC21.[CH3-].[CH3-].[Cl][Zr+2][Cl]. The molecule has 0 aliphatic heterocycles. The Bertz CT molecular complexity index is 539. The standard InChI is InChI=1S/C23H34.2CH3.2ClH.Zr/c1-23(2,18-12-6-7-13-18)22-16-21(17-10-4-3-5-11-17)19-14-8-9-15-20(19)22;;;;;/h3-5,10-11,18-22H,6-9,12-16H2,1-2H3;2*1H3;2*1H;/q;2*-1;;;+4/p-2. The summed E-state index contributed by atoms with van der Waals surface area (Å²) in [6.07, 6.45) is 13.4. The first kappa shape index (κ1) is 26.7. The summed E-state index contributed by atoms with van der Waals surface area (Å²) in [5, 5.41) is 0. The quantitative estimate of drug-likeness (QED) is 0.362. The second-order valence-corrected chi connectivity index (χ2v) is 13.1. The van der Waals surface area contributed by atoms with Crippen LogP contribution in [0.4, 0.5) is 0 Å². The zero-order chi connectivity index (χ0) is 18.6. The molecule has 28 heavy (non-hydrogen) atoms. The molecule has 0 N–H and O–H groups in total. The Morgan fingerprint density at radius 1 is 0.821 bits per heavy atom. The van der Waals surface area contributed by atoms with E-state index in [1.54, 1.807) is 5.56 Å². The first-order chi connectivity index (χ1) is 12.6. The van der Waals surface area contributed by atoms with Crippen molar-refractivity contribution in [2.45, 2.75) is 77.6 Å². The van der Waals surface area contributed by atoms with E-state index in [-0.39, 0.29) is 14.9 Å². The van der Waals surface area contributed by atoms with Gasteiger partial charge in [-0.2, -0.15) is 0 Å². The molecule has 4 unspecified atom stereocenters. The van der Waals surface area contributed by atoms with Gasteiger partial charge in [-0.3, -0.25) is 0 Å². The zero-order valence-corrected chi connectivity index (χ0v) is 22.4. The van der Waals surface area contributed by atoms with Gasteiger partial charge in [-0.15, -0.1) is 0 Å². The van der Waals surface area contributed by atoms with Gasteiger partial charge < -0.3 is 14.9 Å². The first-order valence-electron chi connectivity index (χ1n) is 10.6. The van der Waals surface area contributed by atoms with E-state index in [0.29, 0.717) is 5.41 Å². The molecular weight excluding hydrogens is 462 g/mol. The van der Waals surface area contributed by atoms with Gasteiger partial charge in [0.05, 0.1) is 0 Å². The summed E-state index contributed by atoms with van der Waals surface area (Å²) in [5.74, 6) is 4.76. The molecule has 4 rings (SSSR count). The van der Waals surface area contributed by atoms with Crippen molar-refractivity contribution in [3.05, 3.63) is 50.7 Å². The molecule has 0 saturated heterocycles. The van der Waals surface area contributed by atoms with Gasteiger partial charge in [-0.1, -0.05) is 69.9 Å². The van der Waals surface area contributed by atoms with Crippen LogP contribution >= 0.6 is 17.0 Å². The molecule has 1 aromatic carbocycles. The van der Waals surface area contributed by atoms with E-state index in [9.17, 15) is 0 Å². The van der Waals surface area contributed by atoms with Crippen LogP contribution in [0.1, 0.15) is 83.1 Å². The molecule has 0 aromatic heterocycles. The van der Waals surface area contributed by atoms with Crippen LogP contribution in [-0.4, -0.2) is 0 Å². The summed E-state index contributed by atoms with van der Waals surface area (Å²) in [7, 11) is 9.87. The minimum atomic E-state index is -0.826.